The number of rotatable bonds is 8. The normalized spacial score (nSPS) is 12.9. The molecule has 35 heavy (non-hydrogen) atoms. The molecule has 1 aliphatic heterocycles. The van der Waals surface area contributed by atoms with Gasteiger partial charge in [-0.1, -0.05) is 25.1 Å². The van der Waals surface area contributed by atoms with Crippen molar-refractivity contribution in [3.63, 3.8) is 0 Å². The van der Waals surface area contributed by atoms with Crippen LogP contribution in [0.4, 0.5) is 11.4 Å². The lowest BCUT2D eigenvalue weighted by atomic mass is 10.1. The fourth-order valence-corrected chi connectivity index (χ4v) is 4.56. The molecular weight excluding hydrogens is 468 g/mol. The minimum absolute atomic E-state index is 0.0719. The Labute approximate surface area is 206 Å². The highest BCUT2D eigenvalue weighted by molar-refractivity contribution is 8.00. The minimum atomic E-state index is -1.17. The van der Waals surface area contributed by atoms with Crippen LogP contribution in [0.2, 0.25) is 0 Å². The largest absolute Gasteiger partial charge is 0.486 e. The van der Waals surface area contributed by atoms with Crippen molar-refractivity contribution in [3.05, 3.63) is 77.9 Å². The molecule has 0 spiro atoms. The number of carbonyl (C=O) groups is 3. The zero-order valence-electron chi connectivity index (χ0n) is 18.9. The predicted octanol–water partition coefficient (Wildman–Crippen LogP) is 4.92. The summed E-state index contributed by atoms with van der Waals surface area (Å²) in [5.41, 5.74) is 1.12. The van der Waals surface area contributed by atoms with Gasteiger partial charge in [0.15, 0.2) is 11.5 Å². The highest BCUT2D eigenvalue weighted by Gasteiger charge is 2.20. The second-order valence-corrected chi connectivity index (χ2v) is 8.97. The van der Waals surface area contributed by atoms with Gasteiger partial charge in [0.25, 0.3) is 5.91 Å². The standard InChI is InChI=1S/C26H24N2O6S/c1-2-23(25(30)28-17-10-11-21-22(15-17)34-13-12-33-21)35-18-7-5-6-16(14-18)27-24(29)19-8-3-4-9-20(19)26(31)32/h3-11,14-15,23H,2,12-13H2,1H3,(H,27,29)(H,28,30)(H,31,32). The monoisotopic (exact) mass is 492 g/mol. The highest BCUT2D eigenvalue weighted by atomic mass is 32.2. The van der Waals surface area contributed by atoms with E-state index in [-0.39, 0.29) is 22.3 Å². The number of amides is 2. The number of nitrogens with one attached hydrogen (secondary N) is 2. The van der Waals surface area contributed by atoms with Crippen LogP contribution in [0.1, 0.15) is 34.1 Å². The summed E-state index contributed by atoms with van der Waals surface area (Å²) in [6.45, 7) is 2.89. The Morgan fingerprint density at radius 3 is 2.34 bits per heavy atom. The van der Waals surface area contributed by atoms with E-state index < -0.39 is 11.9 Å². The summed E-state index contributed by atoms with van der Waals surface area (Å²) in [6.07, 6.45) is 0.587. The zero-order valence-corrected chi connectivity index (χ0v) is 19.8. The van der Waals surface area contributed by atoms with Gasteiger partial charge in [-0.15, -0.1) is 11.8 Å². The summed E-state index contributed by atoms with van der Waals surface area (Å²) in [5, 5.41) is 14.6. The number of aromatic carboxylic acids is 1. The third-order valence-corrected chi connectivity index (χ3v) is 6.60. The predicted molar refractivity (Wildman–Crippen MR) is 134 cm³/mol. The second-order valence-electron chi connectivity index (χ2n) is 7.70. The van der Waals surface area contributed by atoms with Gasteiger partial charge in [-0.25, -0.2) is 4.79 Å². The van der Waals surface area contributed by atoms with E-state index in [4.69, 9.17) is 9.47 Å². The first-order valence-electron chi connectivity index (χ1n) is 11.1. The number of carboxylic acid groups (broad SMARTS) is 1. The van der Waals surface area contributed by atoms with Crippen LogP contribution in [0.5, 0.6) is 11.5 Å². The van der Waals surface area contributed by atoms with E-state index in [0.717, 1.165) is 4.90 Å². The van der Waals surface area contributed by atoms with E-state index in [0.29, 0.717) is 42.5 Å². The van der Waals surface area contributed by atoms with Gasteiger partial charge in [0.05, 0.1) is 16.4 Å². The molecule has 4 rings (SSSR count). The number of carboxylic acids is 1. The minimum Gasteiger partial charge on any atom is -0.486 e. The summed E-state index contributed by atoms with van der Waals surface area (Å²) in [4.78, 5) is 37.8. The Hall–Kier alpha value is -3.98. The molecule has 0 radical (unpaired) electrons. The van der Waals surface area contributed by atoms with Crippen LogP contribution in [0.15, 0.2) is 71.6 Å². The fourth-order valence-electron chi connectivity index (χ4n) is 3.54. The molecule has 1 heterocycles. The molecule has 0 saturated heterocycles. The Morgan fingerprint density at radius 2 is 1.60 bits per heavy atom. The van der Waals surface area contributed by atoms with Gasteiger partial charge in [-0.2, -0.15) is 0 Å². The molecule has 1 aliphatic rings. The molecule has 2 amide bonds. The second kappa shape index (κ2) is 11.0. The van der Waals surface area contributed by atoms with Crippen LogP contribution in [0.25, 0.3) is 0 Å². The van der Waals surface area contributed by atoms with Crippen LogP contribution in [-0.4, -0.2) is 41.4 Å². The molecule has 3 aromatic rings. The fraction of sp³-hybridized carbons (Fsp3) is 0.192. The molecule has 0 fully saturated rings. The number of anilines is 2. The lowest BCUT2D eigenvalue weighted by molar-refractivity contribution is -0.115. The van der Waals surface area contributed by atoms with Crippen molar-refractivity contribution >= 4 is 40.9 Å². The van der Waals surface area contributed by atoms with Gasteiger partial charge < -0.3 is 25.2 Å². The number of hydrogen-bond acceptors (Lipinski definition) is 6. The van der Waals surface area contributed by atoms with Crippen LogP contribution < -0.4 is 20.1 Å². The average Bonchev–Trinajstić information content (AvgIpc) is 2.87. The van der Waals surface area contributed by atoms with Crippen molar-refractivity contribution < 1.29 is 29.0 Å². The van der Waals surface area contributed by atoms with Crippen LogP contribution >= 0.6 is 11.8 Å². The van der Waals surface area contributed by atoms with Gasteiger partial charge in [-0.05, 0) is 48.9 Å². The molecule has 0 bridgehead atoms. The summed E-state index contributed by atoms with van der Waals surface area (Å²) < 4.78 is 11.1. The average molecular weight is 493 g/mol. The lowest BCUT2D eigenvalue weighted by Gasteiger charge is -2.20. The smallest absolute Gasteiger partial charge is 0.336 e. The molecule has 3 N–H and O–H groups in total. The lowest BCUT2D eigenvalue weighted by Crippen LogP contribution is -2.24. The van der Waals surface area contributed by atoms with Crippen molar-refractivity contribution in [1.29, 1.82) is 0 Å². The number of benzene rings is 3. The Morgan fingerprint density at radius 1 is 0.886 bits per heavy atom. The van der Waals surface area contributed by atoms with Crippen LogP contribution in [0, 0.1) is 0 Å². The van der Waals surface area contributed by atoms with Gasteiger partial charge >= 0.3 is 5.97 Å². The molecule has 1 unspecified atom stereocenters. The molecule has 0 aromatic heterocycles. The number of hydrogen-bond donors (Lipinski definition) is 3. The molecule has 0 saturated carbocycles. The topological polar surface area (TPSA) is 114 Å². The molecular formula is C26H24N2O6S. The van der Waals surface area contributed by atoms with Crippen LogP contribution in [0.3, 0.4) is 0 Å². The third-order valence-electron chi connectivity index (χ3n) is 5.25. The van der Waals surface area contributed by atoms with Gasteiger partial charge in [-0.3, -0.25) is 9.59 Å². The summed E-state index contributed by atoms with van der Waals surface area (Å²) in [6, 6.07) is 18.4. The Bertz CT molecular complexity index is 1260. The summed E-state index contributed by atoms with van der Waals surface area (Å²) in [5.74, 6) is -0.592. The first kappa shape index (κ1) is 24.2. The van der Waals surface area contributed by atoms with Crippen molar-refractivity contribution in [1.82, 2.24) is 0 Å². The van der Waals surface area contributed by atoms with E-state index in [2.05, 4.69) is 10.6 Å². The summed E-state index contributed by atoms with van der Waals surface area (Å²) >= 11 is 1.38. The first-order valence-corrected chi connectivity index (χ1v) is 11.9. The molecule has 9 heteroatoms. The molecule has 180 valence electrons. The van der Waals surface area contributed by atoms with Crippen molar-refractivity contribution in [2.45, 2.75) is 23.5 Å². The molecule has 8 nitrogen and oxygen atoms in total. The van der Waals surface area contributed by atoms with Crippen molar-refractivity contribution in [2.24, 2.45) is 0 Å². The molecule has 0 aliphatic carbocycles. The van der Waals surface area contributed by atoms with Crippen LogP contribution in [-0.2, 0) is 4.79 Å². The first-order chi connectivity index (χ1) is 16.9. The number of ether oxygens (including phenoxy) is 2. The zero-order chi connectivity index (χ0) is 24.8. The van der Waals surface area contributed by atoms with Gasteiger partial charge in [0, 0.05) is 22.3 Å². The SMILES string of the molecule is CCC(Sc1cccc(NC(=O)c2ccccc2C(=O)O)c1)C(=O)Nc1ccc2c(c1)OCCO2. The van der Waals surface area contributed by atoms with E-state index in [1.165, 1.54) is 23.9 Å². The maximum Gasteiger partial charge on any atom is 0.336 e. The highest BCUT2D eigenvalue weighted by Crippen LogP contribution is 2.33. The molecule has 1 atom stereocenters. The number of fused-ring (bicyclic) bond motifs is 1. The summed E-state index contributed by atoms with van der Waals surface area (Å²) in [7, 11) is 0. The van der Waals surface area contributed by atoms with Crippen molar-refractivity contribution in [2.75, 3.05) is 23.8 Å². The number of thioether (sulfide) groups is 1. The van der Waals surface area contributed by atoms with Gasteiger partial charge in [0.2, 0.25) is 5.91 Å². The molecule has 3 aromatic carbocycles. The maximum absolute atomic E-state index is 12.9. The van der Waals surface area contributed by atoms with Gasteiger partial charge in [0.1, 0.15) is 13.2 Å². The van der Waals surface area contributed by atoms with E-state index in [1.807, 2.05) is 13.0 Å². The maximum atomic E-state index is 12.9. The Balaban J connectivity index is 1.43. The third kappa shape index (κ3) is 5.93. The Kier molecular flexibility index (Phi) is 7.57. The van der Waals surface area contributed by atoms with Crippen molar-refractivity contribution in [3.8, 4) is 11.5 Å². The number of carbonyl (C=O) groups excluding carboxylic acids is 2. The van der Waals surface area contributed by atoms with E-state index in [9.17, 15) is 19.5 Å². The van der Waals surface area contributed by atoms with E-state index >= 15 is 0 Å². The quantitative estimate of drug-likeness (QED) is 0.383. The van der Waals surface area contributed by atoms with E-state index in [1.54, 1.807) is 48.5 Å².